The summed E-state index contributed by atoms with van der Waals surface area (Å²) in [5, 5.41) is 20.0. The molecular formula is C17H26O3. The minimum absolute atomic E-state index is 0.115. The Morgan fingerprint density at radius 3 is 2.05 bits per heavy atom. The molecule has 20 heavy (non-hydrogen) atoms. The maximum absolute atomic E-state index is 11.0. The van der Waals surface area contributed by atoms with E-state index >= 15 is 0 Å². The summed E-state index contributed by atoms with van der Waals surface area (Å²) in [6, 6.07) is 0. The number of carboxylic acids is 1. The van der Waals surface area contributed by atoms with E-state index in [9.17, 15) is 9.90 Å². The molecule has 112 valence electrons. The number of hydrogen-bond donors (Lipinski definition) is 2. The molecule has 4 saturated carbocycles. The van der Waals surface area contributed by atoms with Crippen LogP contribution in [0.4, 0.5) is 0 Å². The van der Waals surface area contributed by atoms with E-state index in [1.54, 1.807) is 6.92 Å². The first-order chi connectivity index (χ1) is 9.07. The lowest BCUT2D eigenvalue weighted by Gasteiger charge is -2.68. The van der Waals surface area contributed by atoms with Gasteiger partial charge in [-0.1, -0.05) is 19.9 Å². The van der Waals surface area contributed by atoms with Crippen molar-refractivity contribution in [2.75, 3.05) is 0 Å². The van der Waals surface area contributed by atoms with Gasteiger partial charge >= 0.3 is 5.97 Å². The van der Waals surface area contributed by atoms with E-state index < -0.39 is 11.6 Å². The molecule has 4 bridgehead atoms. The Balaban J connectivity index is 1.90. The van der Waals surface area contributed by atoms with Crippen LogP contribution in [0.2, 0.25) is 0 Å². The smallest absolute Gasteiger partial charge is 0.330 e. The van der Waals surface area contributed by atoms with E-state index in [1.165, 1.54) is 6.42 Å². The summed E-state index contributed by atoms with van der Waals surface area (Å²) in [4.78, 5) is 11.0. The molecule has 0 radical (unpaired) electrons. The van der Waals surface area contributed by atoms with Crippen LogP contribution >= 0.6 is 0 Å². The highest BCUT2D eigenvalue weighted by molar-refractivity contribution is 5.85. The van der Waals surface area contributed by atoms with Gasteiger partial charge in [-0.15, -0.1) is 0 Å². The van der Waals surface area contributed by atoms with Crippen LogP contribution in [0.5, 0.6) is 0 Å². The van der Waals surface area contributed by atoms with Crippen LogP contribution < -0.4 is 0 Å². The first-order valence-electron chi connectivity index (χ1n) is 7.69. The number of allylic oxidation sites excluding steroid dienone is 1. The SMILES string of the molecule is CC(=CCC12CC3(C)CC(C)(CC(O)(C3)C1)C2)C(=O)O. The summed E-state index contributed by atoms with van der Waals surface area (Å²) < 4.78 is 0. The van der Waals surface area contributed by atoms with Crippen molar-refractivity contribution in [3.05, 3.63) is 11.6 Å². The molecule has 0 heterocycles. The van der Waals surface area contributed by atoms with E-state index in [-0.39, 0.29) is 16.2 Å². The maximum Gasteiger partial charge on any atom is 0.330 e. The third-order valence-corrected chi connectivity index (χ3v) is 5.85. The average molecular weight is 278 g/mol. The zero-order valence-corrected chi connectivity index (χ0v) is 12.8. The third kappa shape index (κ3) is 2.20. The van der Waals surface area contributed by atoms with Crippen molar-refractivity contribution in [3.8, 4) is 0 Å². The van der Waals surface area contributed by atoms with Crippen molar-refractivity contribution < 1.29 is 15.0 Å². The average Bonchev–Trinajstić information content (AvgIpc) is 2.18. The number of carbonyl (C=O) groups is 1. The van der Waals surface area contributed by atoms with Crippen LogP contribution in [-0.2, 0) is 4.79 Å². The molecule has 0 amide bonds. The highest BCUT2D eigenvalue weighted by Gasteiger charge is 2.64. The van der Waals surface area contributed by atoms with Gasteiger partial charge in [-0.3, -0.25) is 0 Å². The van der Waals surface area contributed by atoms with Gasteiger partial charge in [0.1, 0.15) is 0 Å². The second-order valence-corrected chi connectivity index (χ2v) is 8.80. The molecule has 0 aromatic rings. The number of aliphatic carboxylic acids is 1. The molecule has 0 aromatic heterocycles. The summed E-state index contributed by atoms with van der Waals surface area (Å²) in [5.74, 6) is -0.828. The molecule has 0 aromatic carbocycles. The third-order valence-electron chi connectivity index (χ3n) is 5.85. The fourth-order valence-electron chi connectivity index (χ4n) is 6.55. The highest BCUT2D eigenvalue weighted by atomic mass is 16.4. The Morgan fingerprint density at radius 1 is 1.05 bits per heavy atom. The first kappa shape index (κ1) is 14.1. The van der Waals surface area contributed by atoms with E-state index in [0.29, 0.717) is 5.57 Å². The van der Waals surface area contributed by atoms with Crippen molar-refractivity contribution in [1.82, 2.24) is 0 Å². The predicted octanol–water partition coefficient (Wildman–Crippen LogP) is 3.52. The van der Waals surface area contributed by atoms with E-state index in [2.05, 4.69) is 13.8 Å². The summed E-state index contributed by atoms with van der Waals surface area (Å²) in [5.41, 5.74) is 0.516. The minimum Gasteiger partial charge on any atom is -0.478 e. The molecular weight excluding hydrogens is 252 g/mol. The number of carboxylic acid groups (broad SMARTS) is 1. The topological polar surface area (TPSA) is 57.5 Å². The van der Waals surface area contributed by atoms with E-state index in [4.69, 9.17) is 5.11 Å². The Kier molecular flexibility index (Phi) is 2.74. The van der Waals surface area contributed by atoms with Gasteiger partial charge in [0.15, 0.2) is 0 Å². The zero-order chi connectivity index (χ0) is 14.8. The van der Waals surface area contributed by atoms with Crippen molar-refractivity contribution in [3.63, 3.8) is 0 Å². The fraction of sp³-hybridized carbons (Fsp3) is 0.824. The molecule has 3 heteroatoms. The quantitative estimate of drug-likeness (QED) is 0.777. The summed E-state index contributed by atoms with van der Waals surface area (Å²) in [7, 11) is 0. The number of aliphatic hydroxyl groups is 1. The van der Waals surface area contributed by atoms with Gasteiger partial charge in [-0.2, -0.15) is 0 Å². The van der Waals surface area contributed by atoms with Crippen molar-refractivity contribution in [2.45, 2.75) is 71.3 Å². The fourth-order valence-corrected chi connectivity index (χ4v) is 6.55. The van der Waals surface area contributed by atoms with Crippen LogP contribution in [0.15, 0.2) is 11.6 Å². The van der Waals surface area contributed by atoms with Crippen molar-refractivity contribution in [2.24, 2.45) is 16.2 Å². The summed E-state index contributed by atoms with van der Waals surface area (Å²) in [6.07, 6.45) is 8.89. The molecule has 0 saturated heterocycles. The van der Waals surface area contributed by atoms with E-state index in [0.717, 1.165) is 38.5 Å². The second-order valence-electron chi connectivity index (χ2n) is 8.80. The lowest BCUT2D eigenvalue weighted by molar-refractivity contribution is -0.223. The van der Waals surface area contributed by atoms with Gasteiger partial charge in [-0.05, 0) is 68.1 Å². The zero-order valence-electron chi connectivity index (χ0n) is 12.8. The largest absolute Gasteiger partial charge is 0.478 e. The van der Waals surface area contributed by atoms with Crippen LogP contribution in [0.25, 0.3) is 0 Å². The second kappa shape index (κ2) is 3.88. The van der Waals surface area contributed by atoms with Crippen LogP contribution in [0.3, 0.4) is 0 Å². The molecule has 2 N–H and O–H groups in total. The molecule has 4 aliphatic rings. The van der Waals surface area contributed by atoms with Crippen molar-refractivity contribution >= 4 is 5.97 Å². The van der Waals surface area contributed by atoms with Gasteiger partial charge < -0.3 is 10.2 Å². The summed E-state index contributed by atoms with van der Waals surface area (Å²) >= 11 is 0. The monoisotopic (exact) mass is 278 g/mol. The molecule has 4 rings (SSSR count). The molecule has 2 atom stereocenters. The molecule has 4 aliphatic carbocycles. The van der Waals surface area contributed by atoms with Crippen LogP contribution in [-0.4, -0.2) is 21.8 Å². The predicted molar refractivity (Wildman–Crippen MR) is 77.3 cm³/mol. The van der Waals surface area contributed by atoms with Gasteiger partial charge in [0, 0.05) is 5.57 Å². The van der Waals surface area contributed by atoms with Gasteiger partial charge in [-0.25, -0.2) is 4.79 Å². The van der Waals surface area contributed by atoms with E-state index in [1.807, 2.05) is 6.08 Å². The molecule has 2 unspecified atom stereocenters. The Morgan fingerprint density at radius 2 is 1.60 bits per heavy atom. The lowest BCUT2D eigenvalue weighted by atomic mass is 9.38. The number of rotatable bonds is 3. The molecule has 4 fully saturated rings. The Labute approximate surface area is 121 Å². The maximum atomic E-state index is 11.0. The minimum atomic E-state index is -0.828. The van der Waals surface area contributed by atoms with Crippen LogP contribution in [0.1, 0.15) is 65.7 Å². The van der Waals surface area contributed by atoms with Gasteiger partial charge in [0.2, 0.25) is 0 Å². The first-order valence-corrected chi connectivity index (χ1v) is 7.69. The number of hydrogen-bond acceptors (Lipinski definition) is 2. The van der Waals surface area contributed by atoms with Crippen molar-refractivity contribution in [1.29, 1.82) is 0 Å². The van der Waals surface area contributed by atoms with Gasteiger partial charge in [0.05, 0.1) is 5.60 Å². The van der Waals surface area contributed by atoms with Gasteiger partial charge in [0.25, 0.3) is 0 Å². The molecule has 3 nitrogen and oxygen atoms in total. The Bertz CT molecular complexity index is 437. The summed E-state index contributed by atoms with van der Waals surface area (Å²) in [6.45, 7) is 6.30. The molecule has 0 aliphatic heterocycles. The standard InChI is InChI=1S/C17H26O3/c1-12(13(18)19)4-5-16-7-14(2)6-15(3,8-16)10-17(20,9-14)11-16/h4,20H,5-11H2,1-3H3,(H,18,19). The lowest BCUT2D eigenvalue weighted by Crippen LogP contribution is -2.62. The Hall–Kier alpha value is -0.830. The normalized spacial score (nSPS) is 50.5. The highest BCUT2D eigenvalue weighted by Crippen LogP contribution is 2.71. The van der Waals surface area contributed by atoms with Crippen LogP contribution in [0, 0.1) is 16.2 Å². The molecule has 0 spiro atoms.